The van der Waals surface area contributed by atoms with E-state index < -0.39 is 5.82 Å². The average molecular weight is 543 g/mol. The van der Waals surface area contributed by atoms with Gasteiger partial charge in [-0.15, -0.1) is 0 Å². The molecule has 2 aromatic heterocycles. The maximum atomic E-state index is 14.4. The van der Waals surface area contributed by atoms with Crippen molar-refractivity contribution in [3.63, 3.8) is 0 Å². The van der Waals surface area contributed by atoms with E-state index in [2.05, 4.69) is 53.5 Å². The molecule has 0 saturated carbocycles. The minimum absolute atomic E-state index is 0.175. The molecule has 11 heteroatoms. The summed E-state index contributed by atoms with van der Waals surface area (Å²) in [7, 11) is 1.80. The third-order valence-electron chi connectivity index (χ3n) is 4.62. The average Bonchev–Trinajstić information content (AvgIpc) is 3.22. The summed E-state index contributed by atoms with van der Waals surface area (Å²) < 4.78 is 16.2. The topological polar surface area (TPSA) is 96.8 Å². The van der Waals surface area contributed by atoms with Gasteiger partial charge in [0.25, 0.3) is 0 Å². The highest BCUT2D eigenvalue weighted by atomic mass is 79.9. The first-order valence-corrected chi connectivity index (χ1v) is 11.1. The molecule has 0 fully saturated rings. The zero-order chi connectivity index (χ0) is 24.2. The van der Waals surface area contributed by atoms with Crippen molar-refractivity contribution in [3.8, 4) is 11.1 Å². The van der Waals surface area contributed by atoms with Gasteiger partial charge in [-0.25, -0.2) is 9.37 Å². The van der Waals surface area contributed by atoms with E-state index in [1.165, 1.54) is 12.1 Å². The van der Waals surface area contributed by atoms with E-state index in [1.807, 2.05) is 0 Å². The smallest absolute Gasteiger partial charge is 0.247 e. The zero-order valence-electron chi connectivity index (χ0n) is 17.8. The van der Waals surface area contributed by atoms with Crippen LogP contribution in [0.2, 0.25) is 5.02 Å². The van der Waals surface area contributed by atoms with Gasteiger partial charge < -0.3 is 16.0 Å². The standard InChI is InChI=1S/C23H18BrClFN7O/c1-3-20(34)29-14-5-4-6-15(9-14)30-22-17(13-7-18(25)21(24)19(26)8-13)11-27-23(32-22)31-16-10-28-33(2)12-16/h3-12H,1H2,2H3,(H,29,34)(H2,27,30,31,32). The first-order valence-electron chi connectivity index (χ1n) is 9.90. The molecule has 0 aliphatic rings. The second-order valence-corrected chi connectivity index (χ2v) is 8.34. The van der Waals surface area contributed by atoms with Gasteiger partial charge in [0.1, 0.15) is 11.6 Å². The molecular weight excluding hydrogens is 525 g/mol. The van der Waals surface area contributed by atoms with Gasteiger partial charge in [0.2, 0.25) is 11.9 Å². The molecule has 1 amide bonds. The Bertz CT molecular complexity index is 1370. The SMILES string of the molecule is C=CC(=O)Nc1cccc(Nc2nc(Nc3cnn(C)c3)ncc2-c2cc(F)c(Br)c(Cl)c2)c1. The fourth-order valence-corrected chi connectivity index (χ4v) is 3.52. The van der Waals surface area contributed by atoms with Crippen LogP contribution in [0.1, 0.15) is 0 Å². The normalized spacial score (nSPS) is 10.6. The lowest BCUT2D eigenvalue weighted by atomic mass is 10.1. The first kappa shape index (κ1) is 23.4. The molecule has 0 bridgehead atoms. The van der Waals surface area contributed by atoms with E-state index in [4.69, 9.17) is 11.6 Å². The van der Waals surface area contributed by atoms with E-state index >= 15 is 0 Å². The summed E-state index contributed by atoms with van der Waals surface area (Å²) in [4.78, 5) is 20.6. The monoisotopic (exact) mass is 541 g/mol. The Morgan fingerprint density at radius 3 is 2.68 bits per heavy atom. The Hall–Kier alpha value is -3.76. The highest BCUT2D eigenvalue weighted by Crippen LogP contribution is 2.35. The molecule has 3 N–H and O–H groups in total. The number of hydrogen-bond acceptors (Lipinski definition) is 6. The van der Waals surface area contributed by atoms with Crippen molar-refractivity contribution >= 4 is 62.3 Å². The van der Waals surface area contributed by atoms with Crippen LogP contribution in [-0.2, 0) is 11.8 Å². The summed E-state index contributed by atoms with van der Waals surface area (Å²) in [6.07, 6.45) is 6.17. The van der Waals surface area contributed by atoms with Crippen LogP contribution >= 0.6 is 27.5 Å². The molecule has 8 nitrogen and oxygen atoms in total. The van der Waals surface area contributed by atoms with Gasteiger partial charge in [-0.1, -0.05) is 24.2 Å². The number of hydrogen-bond donors (Lipinski definition) is 3. The number of aryl methyl sites for hydroxylation is 1. The summed E-state index contributed by atoms with van der Waals surface area (Å²) in [6.45, 7) is 3.46. The minimum Gasteiger partial charge on any atom is -0.339 e. The lowest BCUT2D eigenvalue weighted by Crippen LogP contribution is -2.07. The number of aromatic nitrogens is 4. The maximum Gasteiger partial charge on any atom is 0.247 e. The van der Waals surface area contributed by atoms with E-state index in [0.717, 1.165) is 0 Å². The van der Waals surface area contributed by atoms with Crippen LogP contribution in [0.3, 0.4) is 0 Å². The van der Waals surface area contributed by atoms with E-state index in [0.29, 0.717) is 40.0 Å². The van der Waals surface area contributed by atoms with Crippen LogP contribution < -0.4 is 16.0 Å². The number of rotatable bonds is 7. The summed E-state index contributed by atoms with van der Waals surface area (Å²) in [5.74, 6) is -0.145. The highest BCUT2D eigenvalue weighted by Gasteiger charge is 2.15. The molecule has 34 heavy (non-hydrogen) atoms. The van der Waals surface area contributed by atoms with Crippen LogP contribution in [-0.4, -0.2) is 25.7 Å². The number of benzene rings is 2. The fourth-order valence-electron chi connectivity index (χ4n) is 3.08. The third-order valence-corrected chi connectivity index (χ3v) is 5.96. The quantitative estimate of drug-likeness (QED) is 0.194. The molecule has 0 saturated heterocycles. The minimum atomic E-state index is -0.514. The number of halogens is 3. The molecule has 4 aromatic rings. The van der Waals surface area contributed by atoms with Crippen molar-refractivity contribution in [2.45, 2.75) is 0 Å². The largest absolute Gasteiger partial charge is 0.339 e. The number of carbonyl (C=O) groups excluding carboxylic acids is 1. The van der Waals surface area contributed by atoms with Gasteiger partial charge >= 0.3 is 0 Å². The van der Waals surface area contributed by atoms with Crippen molar-refractivity contribution in [2.24, 2.45) is 7.05 Å². The van der Waals surface area contributed by atoms with E-state index in [-0.39, 0.29) is 15.4 Å². The Kier molecular flexibility index (Phi) is 6.90. The summed E-state index contributed by atoms with van der Waals surface area (Å²) in [5, 5.41) is 13.3. The van der Waals surface area contributed by atoms with Crippen LogP contribution in [0, 0.1) is 5.82 Å². The van der Waals surface area contributed by atoms with Crippen LogP contribution in [0.15, 0.2) is 72.1 Å². The number of nitrogens with one attached hydrogen (secondary N) is 3. The Labute approximate surface area is 208 Å². The Morgan fingerprint density at radius 2 is 1.97 bits per heavy atom. The van der Waals surface area contributed by atoms with Crippen molar-refractivity contribution in [1.29, 1.82) is 0 Å². The Morgan fingerprint density at radius 1 is 1.18 bits per heavy atom. The predicted molar refractivity (Wildman–Crippen MR) is 135 cm³/mol. The second-order valence-electron chi connectivity index (χ2n) is 7.14. The fraction of sp³-hybridized carbons (Fsp3) is 0.0435. The van der Waals surface area contributed by atoms with Gasteiger partial charge in [0.15, 0.2) is 0 Å². The number of anilines is 5. The first-order chi connectivity index (χ1) is 16.3. The molecule has 0 atom stereocenters. The lowest BCUT2D eigenvalue weighted by molar-refractivity contribution is -0.111. The van der Waals surface area contributed by atoms with Gasteiger partial charge in [0.05, 0.1) is 21.4 Å². The van der Waals surface area contributed by atoms with Crippen LogP contribution in [0.4, 0.5) is 33.2 Å². The Balaban J connectivity index is 1.74. The van der Waals surface area contributed by atoms with Gasteiger partial charge in [-0.05, 0) is 57.9 Å². The lowest BCUT2D eigenvalue weighted by Gasteiger charge is -2.14. The van der Waals surface area contributed by atoms with E-state index in [1.54, 1.807) is 60.7 Å². The molecule has 2 aromatic carbocycles. The molecule has 172 valence electrons. The van der Waals surface area contributed by atoms with Crippen molar-refractivity contribution < 1.29 is 9.18 Å². The van der Waals surface area contributed by atoms with Crippen molar-refractivity contribution in [3.05, 3.63) is 83.0 Å². The molecule has 0 unspecified atom stereocenters. The number of amides is 1. The summed E-state index contributed by atoms with van der Waals surface area (Å²) >= 11 is 9.32. The van der Waals surface area contributed by atoms with E-state index in [9.17, 15) is 9.18 Å². The zero-order valence-corrected chi connectivity index (χ0v) is 20.2. The molecule has 0 aliphatic carbocycles. The van der Waals surface area contributed by atoms with Crippen LogP contribution in [0.5, 0.6) is 0 Å². The number of nitrogens with zero attached hydrogens (tertiary/aromatic N) is 4. The number of carbonyl (C=O) groups is 1. The summed E-state index contributed by atoms with van der Waals surface area (Å²) in [5.41, 5.74) is 2.91. The van der Waals surface area contributed by atoms with Crippen LogP contribution in [0.25, 0.3) is 11.1 Å². The molecule has 2 heterocycles. The van der Waals surface area contributed by atoms with Gasteiger partial charge in [-0.3, -0.25) is 9.48 Å². The molecular formula is C23H18BrClFN7O. The third kappa shape index (κ3) is 5.41. The summed E-state index contributed by atoms with van der Waals surface area (Å²) in [6, 6.07) is 10.0. The molecule has 4 rings (SSSR count). The van der Waals surface area contributed by atoms with Crippen molar-refractivity contribution in [1.82, 2.24) is 19.7 Å². The molecule has 0 spiro atoms. The second kappa shape index (κ2) is 10.0. The maximum absolute atomic E-state index is 14.4. The molecule has 0 aliphatic heterocycles. The van der Waals surface area contributed by atoms with Gasteiger partial charge in [-0.2, -0.15) is 10.1 Å². The van der Waals surface area contributed by atoms with Crippen molar-refractivity contribution in [2.75, 3.05) is 16.0 Å². The highest BCUT2D eigenvalue weighted by molar-refractivity contribution is 9.10. The predicted octanol–water partition coefficient (Wildman–Crippen LogP) is 6.04. The molecule has 0 radical (unpaired) electrons. The van der Waals surface area contributed by atoms with Gasteiger partial charge in [0, 0.05) is 36.4 Å².